The van der Waals surface area contributed by atoms with Gasteiger partial charge in [-0.1, -0.05) is 29.3 Å². The van der Waals surface area contributed by atoms with E-state index < -0.39 is 6.10 Å². The second kappa shape index (κ2) is 14.9. The minimum absolute atomic E-state index is 0.0605. The van der Waals surface area contributed by atoms with Gasteiger partial charge in [0.05, 0.1) is 0 Å². The van der Waals surface area contributed by atoms with E-state index in [0.29, 0.717) is 18.8 Å². The molecular weight excluding hydrogens is 546 g/mol. The molecule has 0 bridgehead atoms. The summed E-state index contributed by atoms with van der Waals surface area (Å²) in [6, 6.07) is 19.1. The molecule has 3 N–H and O–H groups in total. The van der Waals surface area contributed by atoms with Gasteiger partial charge in [-0.25, -0.2) is 0 Å². The Hall–Kier alpha value is -1.52. The van der Waals surface area contributed by atoms with Crippen LogP contribution in [0.3, 0.4) is 0 Å². The predicted octanol–water partition coefficient (Wildman–Crippen LogP) is 6.28. The van der Waals surface area contributed by atoms with Gasteiger partial charge in [-0.15, -0.1) is 0 Å². The number of aromatic hydroxyl groups is 1. The molecule has 2 atom stereocenters. The molecule has 0 spiro atoms. The van der Waals surface area contributed by atoms with Crippen molar-refractivity contribution in [3.8, 4) is 5.75 Å². The fraction of sp³-hybridized carbons (Fsp3) is 0.357. The molecule has 0 heterocycles. The summed E-state index contributed by atoms with van der Waals surface area (Å²) >= 11 is 12.1. The Bertz CT molecular complexity index is 1060. The molecule has 0 fully saturated rings. The number of phenols is 1. The molecule has 4 nitrogen and oxygen atoms in total. The first-order chi connectivity index (χ1) is 17.0. The Morgan fingerprint density at radius 3 is 2.40 bits per heavy atom. The molecular formula is C28H33AsCl2O4. The van der Waals surface area contributed by atoms with Crippen molar-refractivity contribution in [2.75, 3.05) is 6.61 Å². The number of benzene rings is 3. The number of aryl methyl sites for hydroxylation is 1. The van der Waals surface area contributed by atoms with E-state index in [-0.39, 0.29) is 28.1 Å². The Kier molecular flexibility index (Phi) is 11.9. The first-order valence-corrected chi connectivity index (χ1v) is 15.6. The third-order valence-electron chi connectivity index (χ3n) is 5.87. The zero-order valence-corrected chi connectivity index (χ0v) is 23.3. The van der Waals surface area contributed by atoms with Crippen LogP contribution in [-0.4, -0.2) is 37.7 Å². The average Bonchev–Trinajstić information content (AvgIpc) is 2.86. The second-order valence-electron chi connectivity index (χ2n) is 8.55. The van der Waals surface area contributed by atoms with Gasteiger partial charge in [0.15, 0.2) is 0 Å². The van der Waals surface area contributed by atoms with Crippen molar-refractivity contribution in [2.45, 2.75) is 55.4 Å². The molecule has 3 rings (SSSR count). The van der Waals surface area contributed by atoms with Crippen molar-refractivity contribution in [3.63, 3.8) is 0 Å². The maximum absolute atomic E-state index is 10.5. The van der Waals surface area contributed by atoms with E-state index >= 15 is 0 Å². The normalized spacial score (nSPS) is 12.5. The van der Waals surface area contributed by atoms with E-state index in [4.69, 9.17) is 27.9 Å². The van der Waals surface area contributed by atoms with Gasteiger partial charge in [-0.3, -0.25) is 0 Å². The monoisotopic (exact) mass is 578 g/mol. The van der Waals surface area contributed by atoms with E-state index in [1.165, 1.54) is 17.2 Å². The van der Waals surface area contributed by atoms with Crippen LogP contribution in [0.5, 0.6) is 5.75 Å². The molecule has 35 heavy (non-hydrogen) atoms. The third-order valence-corrected chi connectivity index (χ3v) is 9.27. The third kappa shape index (κ3) is 9.13. The molecule has 7 heteroatoms. The molecule has 188 valence electrons. The quantitative estimate of drug-likeness (QED) is 0.155. The van der Waals surface area contributed by atoms with Crippen LogP contribution >= 0.6 is 23.2 Å². The summed E-state index contributed by atoms with van der Waals surface area (Å²) < 4.78 is 5.88. The van der Waals surface area contributed by atoms with Crippen LogP contribution in [0, 0.1) is 0 Å². The first-order valence-electron chi connectivity index (χ1n) is 11.9. The fourth-order valence-electron chi connectivity index (χ4n) is 3.87. The SMILES string of the molecule is OCc1cc([C@@H](O)C[AsH]CCc2cccc(COCCCCc3c(Cl)cccc3Cl)c2)ccc1O. The summed E-state index contributed by atoms with van der Waals surface area (Å²) in [4.78, 5) is 0. The van der Waals surface area contributed by atoms with Crippen LogP contribution in [0.4, 0.5) is 0 Å². The van der Waals surface area contributed by atoms with Gasteiger partial charge in [0, 0.05) is 10.0 Å². The number of hydrogen-bond donors (Lipinski definition) is 3. The number of aliphatic hydroxyl groups excluding tert-OH is 2. The molecule has 0 saturated heterocycles. The molecule has 3 aromatic rings. The van der Waals surface area contributed by atoms with Gasteiger partial charge in [0.25, 0.3) is 0 Å². The van der Waals surface area contributed by atoms with Gasteiger partial charge in [0.1, 0.15) is 0 Å². The fourth-order valence-corrected chi connectivity index (χ4v) is 6.93. The van der Waals surface area contributed by atoms with Gasteiger partial charge < -0.3 is 0 Å². The van der Waals surface area contributed by atoms with Crippen LogP contribution in [-0.2, 0) is 30.8 Å². The number of rotatable bonds is 14. The van der Waals surface area contributed by atoms with Gasteiger partial charge >= 0.3 is 174 Å². The van der Waals surface area contributed by atoms with Crippen LogP contribution in [0.1, 0.15) is 46.8 Å². The van der Waals surface area contributed by atoms with E-state index in [1.54, 1.807) is 12.1 Å². The summed E-state index contributed by atoms with van der Waals surface area (Å²) in [5.74, 6) is 0.0605. The van der Waals surface area contributed by atoms with Crippen LogP contribution in [0.25, 0.3) is 0 Å². The number of unbranched alkanes of at least 4 members (excludes halogenated alkanes) is 1. The minimum atomic E-state index is -0.547. The standard InChI is InChI=1S/C28H33AsCl2O4/c30-25-8-4-9-26(31)24(25)7-1-2-14-35-19-21-6-3-5-20(15-21)12-13-29-17-28(34)22-10-11-27(33)23(16-22)18-32/h3-6,8-11,15-16,28-29,32-34H,1-2,7,12-14,17-19H2/t28-/m0/s1. The van der Waals surface area contributed by atoms with Crippen molar-refractivity contribution in [3.05, 3.63) is 98.5 Å². The number of aliphatic hydroxyl groups is 2. The molecule has 0 aliphatic rings. The molecule has 0 aromatic heterocycles. The Morgan fingerprint density at radius 2 is 1.63 bits per heavy atom. The maximum atomic E-state index is 10.5. The summed E-state index contributed by atoms with van der Waals surface area (Å²) in [7, 11) is 0. The van der Waals surface area contributed by atoms with Crippen molar-refractivity contribution in [1.29, 1.82) is 0 Å². The van der Waals surface area contributed by atoms with Crippen LogP contribution in [0.15, 0.2) is 60.7 Å². The predicted molar refractivity (Wildman–Crippen MR) is 145 cm³/mol. The summed E-state index contributed by atoms with van der Waals surface area (Å²) in [5.41, 5.74) is 4.69. The molecule has 0 aliphatic carbocycles. The van der Waals surface area contributed by atoms with Crippen LogP contribution in [0.2, 0.25) is 20.5 Å². The van der Waals surface area contributed by atoms with Gasteiger partial charge in [0.2, 0.25) is 0 Å². The zero-order chi connectivity index (χ0) is 25.0. The van der Waals surface area contributed by atoms with Gasteiger partial charge in [-0.05, 0) is 12.1 Å². The molecule has 0 aliphatic heterocycles. The van der Waals surface area contributed by atoms with E-state index in [1.807, 2.05) is 18.2 Å². The molecule has 3 aromatic carbocycles. The Balaban J connectivity index is 1.33. The van der Waals surface area contributed by atoms with Gasteiger partial charge in [-0.2, -0.15) is 0 Å². The van der Waals surface area contributed by atoms with E-state index in [0.717, 1.165) is 57.3 Å². The molecule has 0 saturated carbocycles. The molecule has 1 unspecified atom stereocenters. The van der Waals surface area contributed by atoms with E-state index in [9.17, 15) is 15.3 Å². The first kappa shape index (κ1) is 28.1. The molecule has 0 amide bonds. The number of hydrogen-bond acceptors (Lipinski definition) is 4. The summed E-state index contributed by atoms with van der Waals surface area (Å²) in [5, 5.41) is 32.7. The van der Waals surface area contributed by atoms with E-state index in [2.05, 4.69) is 24.3 Å². The average molecular weight is 579 g/mol. The Labute approximate surface area is 224 Å². The summed E-state index contributed by atoms with van der Waals surface area (Å²) in [6.45, 7) is 1.07. The topological polar surface area (TPSA) is 69.9 Å². The summed E-state index contributed by atoms with van der Waals surface area (Å²) in [6.07, 6.45) is 3.23. The number of halogens is 2. The number of ether oxygens (including phenoxy) is 1. The zero-order valence-electron chi connectivity index (χ0n) is 19.7. The second-order valence-corrected chi connectivity index (χ2v) is 12.3. The van der Waals surface area contributed by atoms with Crippen LogP contribution < -0.4 is 0 Å². The van der Waals surface area contributed by atoms with Crippen molar-refractivity contribution in [1.82, 2.24) is 0 Å². The van der Waals surface area contributed by atoms with Crippen molar-refractivity contribution >= 4 is 39.0 Å². The molecule has 0 radical (unpaired) electrons. The van der Waals surface area contributed by atoms with Crippen molar-refractivity contribution in [2.24, 2.45) is 0 Å². The Morgan fingerprint density at radius 1 is 0.886 bits per heavy atom. The van der Waals surface area contributed by atoms with Crippen molar-refractivity contribution < 1.29 is 20.1 Å².